The summed E-state index contributed by atoms with van der Waals surface area (Å²) < 4.78 is 2.07. The summed E-state index contributed by atoms with van der Waals surface area (Å²) in [5.74, 6) is 0.769. The van der Waals surface area contributed by atoms with Crippen LogP contribution < -0.4 is 11.1 Å². The molecule has 0 bridgehead atoms. The summed E-state index contributed by atoms with van der Waals surface area (Å²) in [6.45, 7) is 4.16. The van der Waals surface area contributed by atoms with Crippen molar-refractivity contribution in [1.29, 1.82) is 0 Å². The number of hydrogen-bond donors (Lipinski definition) is 2. The van der Waals surface area contributed by atoms with E-state index in [2.05, 4.69) is 27.2 Å². The maximum Gasteiger partial charge on any atom is 0.317 e. The van der Waals surface area contributed by atoms with Crippen molar-refractivity contribution in [2.24, 2.45) is 11.7 Å². The minimum atomic E-state index is -0.206. The fraction of sp³-hybridized carbons (Fsp3) is 0.824. The van der Waals surface area contributed by atoms with Gasteiger partial charge in [-0.25, -0.2) is 9.48 Å². The van der Waals surface area contributed by atoms with E-state index < -0.39 is 0 Å². The van der Waals surface area contributed by atoms with Gasteiger partial charge in [0, 0.05) is 25.0 Å². The first-order valence-electron chi connectivity index (χ1n) is 9.29. The monoisotopic (exact) mass is 332 g/mol. The predicted molar refractivity (Wildman–Crippen MR) is 90.4 cm³/mol. The Kier molecular flexibility index (Phi) is 3.98. The molecule has 3 aliphatic rings. The maximum absolute atomic E-state index is 12.6. The van der Waals surface area contributed by atoms with Crippen molar-refractivity contribution in [3.8, 4) is 0 Å². The number of aromatic nitrogens is 3. The maximum atomic E-state index is 12.6. The second-order valence-corrected chi connectivity index (χ2v) is 8.06. The number of fused-ring (bicyclic) bond motifs is 1. The Labute approximate surface area is 142 Å². The van der Waals surface area contributed by atoms with Gasteiger partial charge in [-0.15, -0.1) is 5.10 Å². The van der Waals surface area contributed by atoms with E-state index in [1.165, 1.54) is 12.8 Å². The molecule has 3 N–H and O–H groups in total. The standard InChI is InChI=1S/C17H28N6O/c1-12-8-13(9-12)23-15-10-22(7-4-14(15)20-21-23)16(24)19-11-17(18)5-2-3-6-17/h12-13H,2-11,18H2,1H3,(H,19,24). The first-order chi connectivity index (χ1) is 11.5. The Morgan fingerprint density at radius 2 is 2.12 bits per heavy atom. The normalized spacial score (nSPS) is 28.3. The third-order valence-electron chi connectivity index (χ3n) is 6.00. The average Bonchev–Trinajstić information content (AvgIpc) is 3.16. The predicted octanol–water partition coefficient (Wildman–Crippen LogP) is 1.59. The average molecular weight is 332 g/mol. The summed E-state index contributed by atoms with van der Waals surface area (Å²) >= 11 is 0. The molecule has 1 aromatic rings. The van der Waals surface area contributed by atoms with Gasteiger partial charge in [0.25, 0.3) is 0 Å². The van der Waals surface area contributed by atoms with Gasteiger partial charge in [-0.2, -0.15) is 0 Å². The molecule has 132 valence electrons. The first-order valence-corrected chi connectivity index (χ1v) is 9.29. The van der Waals surface area contributed by atoms with Crippen LogP contribution in [0.4, 0.5) is 4.79 Å². The quantitative estimate of drug-likeness (QED) is 0.879. The Hall–Kier alpha value is -1.63. The smallest absolute Gasteiger partial charge is 0.317 e. The molecule has 0 aromatic carbocycles. The molecular weight excluding hydrogens is 304 g/mol. The van der Waals surface area contributed by atoms with Crippen molar-refractivity contribution >= 4 is 6.03 Å². The SMILES string of the molecule is CC1CC(n2nnc3c2CN(C(=O)NCC2(N)CCCC2)CC3)C1. The lowest BCUT2D eigenvalue weighted by atomic mass is 9.82. The molecule has 7 nitrogen and oxygen atoms in total. The van der Waals surface area contributed by atoms with Gasteiger partial charge in [0.1, 0.15) is 0 Å². The highest BCUT2D eigenvalue weighted by atomic mass is 16.2. The van der Waals surface area contributed by atoms with Crippen LogP contribution in [0.25, 0.3) is 0 Å². The van der Waals surface area contributed by atoms with Crippen LogP contribution in [0.5, 0.6) is 0 Å². The van der Waals surface area contributed by atoms with Gasteiger partial charge in [0.2, 0.25) is 0 Å². The molecule has 1 aromatic heterocycles. The highest BCUT2D eigenvalue weighted by molar-refractivity contribution is 5.74. The van der Waals surface area contributed by atoms with E-state index >= 15 is 0 Å². The lowest BCUT2D eigenvalue weighted by Crippen LogP contribution is -2.52. The second-order valence-electron chi connectivity index (χ2n) is 8.06. The van der Waals surface area contributed by atoms with Crippen LogP contribution in [0.1, 0.15) is 62.9 Å². The summed E-state index contributed by atoms with van der Waals surface area (Å²) in [5.41, 5.74) is 8.32. The summed E-state index contributed by atoms with van der Waals surface area (Å²) in [4.78, 5) is 14.4. The molecule has 0 saturated heterocycles. The van der Waals surface area contributed by atoms with E-state index in [-0.39, 0.29) is 11.6 Å². The largest absolute Gasteiger partial charge is 0.336 e. The zero-order chi connectivity index (χ0) is 16.7. The third-order valence-corrected chi connectivity index (χ3v) is 6.00. The number of urea groups is 1. The van der Waals surface area contributed by atoms with Crippen molar-refractivity contribution < 1.29 is 4.79 Å². The van der Waals surface area contributed by atoms with Crippen LogP contribution in [0.2, 0.25) is 0 Å². The third kappa shape index (κ3) is 2.90. The van der Waals surface area contributed by atoms with Gasteiger partial charge in [-0.05, 0) is 31.6 Å². The number of nitrogens with two attached hydrogens (primary N) is 1. The number of nitrogens with zero attached hydrogens (tertiary/aromatic N) is 4. The second kappa shape index (κ2) is 6.02. The Balaban J connectivity index is 1.38. The molecular formula is C17H28N6O. The molecule has 7 heteroatoms. The molecule has 2 saturated carbocycles. The van der Waals surface area contributed by atoms with Crippen molar-refractivity contribution in [2.75, 3.05) is 13.1 Å². The summed E-state index contributed by atoms with van der Waals surface area (Å²) in [6, 6.07) is 0.456. The molecule has 0 atom stereocenters. The van der Waals surface area contributed by atoms with E-state index in [0.717, 1.165) is 49.4 Å². The fourth-order valence-corrected chi connectivity index (χ4v) is 4.35. The first kappa shape index (κ1) is 15.9. The summed E-state index contributed by atoms with van der Waals surface area (Å²) in [7, 11) is 0. The molecule has 24 heavy (non-hydrogen) atoms. The minimum Gasteiger partial charge on any atom is -0.336 e. The van der Waals surface area contributed by atoms with E-state index in [4.69, 9.17) is 5.73 Å². The van der Waals surface area contributed by atoms with E-state index in [1.54, 1.807) is 0 Å². The molecule has 0 radical (unpaired) electrons. The number of carbonyl (C=O) groups excluding carboxylic acids is 1. The van der Waals surface area contributed by atoms with Crippen molar-refractivity contribution in [3.05, 3.63) is 11.4 Å². The van der Waals surface area contributed by atoms with Gasteiger partial charge in [-0.1, -0.05) is 25.0 Å². The summed E-state index contributed by atoms with van der Waals surface area (Å²) in [6.07, 6.45) is 7.48. The van der Waals surface area contributed by atoms with Crippen LogP contribution in [-0.2, 0) is 13.0 Å². The van der Waals surface area contributed by atoms with E-state index in [1.807, 2.05) is 4.90 Å². The fourth-order valence-electron chi connectivity index (χ4n) is 4.35. The van der Waals surface area contributed by atoms with Gasteiger partial charge in [0.05, 0.1) is 24.0 Å². The molecule has 0 spiro atoms. The highest BCUT2D eigenvalue weighted by Crippen LogP contribution is 2.38. The van der Waals surface area contributed by atoms with Crippen LogP contribution in [-0.4, -0.2) is 44.6 Å². The number of nitrogens with one attached hydrogen (secondary N) is 1. The van der Waals surface area contributed by atoms with Crippen LogP contribution in [0.15, 0.2) is 0 Å². The van der Waals surface area contributed by atoms with Gasteiger partial charge < -0.3 is 16.0 Å². The van der Waals surface area contributed by atoms with Crippen molar-refractivity contribution in [1.82, 2.24) is 25.2 Å². The molecule has 2 heterocycles. The molecule has 2 fully saturated rings. The molecule has 2 amide bonds. The topological polar surface area (TPSA) is 89.1 Å². The number of hydrogen-bond acceptors (Lipinski definition) is 4. The summed E-state index contributed by atoms with van der Waals surface area (Å²) in [5, 5.41) is 11.7. The lowest BCUT2D eigenvalue weighted by Gasteiger charge is -2.35. The Morgan fingerprint density at radius 3 is 2.83 bits per heavy atom. The molecule has 0 unspecified atom stereocenters. The Morgan fingerprint density at radius 1 is 1.38 bits per heavy atom. The van der Waals surface area contributed by atoms with E-state index in [9.17, 15) is 4.79 Å². The van der Waals surface area contributed by atoms with Crippen molar-refractivity contribution in [3.63, 3.8) is 0 Å². The minimum absolute atomic E-state index is 0.00731. The molecule has 2 aliphatic carbocycles. The van der Waals surface area contributed by atoms with Crippen LogP contribution in [0, 0.1) is 5.92 Å². The molecule has 1 aliphatic heterocycles. The number of amides is 2. The van der Waals surface area contributed by atoms with Crippen LogP contribution >= 0.6 is 0 Å². The van der Waals surface area contributed by atoms with Crippen LogP contribution in [0.3, 0.4) is 0 Å². The zero-order valence-electron chi connectivity index (χ0n) is 14.5. The number of rotatable bonds is 3. The van der Waals surface area contributed by atoms with Crippen molar-refractivity contribution in [2.45, 2.75) is 70.0 Å². The van der Waals surface area contributed by atoms with E-state index in [0.29, 0.717) is 25.7 Å². The van der Waals surface area contributed by atoms with Gasteiger partial charge >= 0.3 is 6.03 Å². The van der Waals surface area contributed by atoms with Gasteiger partial charge in [0.15, 0.2) is 0 Å². The van der Waals surface area contributed by atoms with Gasteiger partial charge in [-0.3, -0.25) is 0 Å². The highest BCUT2D eigenvalue weighted by Gasteiger charge is 2.34. The lowest BCUT2D eigenvalue weighted by molar-refractivity contribution is 0.172. The zero-order valence-corrected chi connectivity index (χ0v) is 14.5. The number of carbonyl (C=O) groups is 1. The Bertz CT molecular complexity index is 615. The molecule has 4 rings (SSSR count).